The number of phenols is 1. The Labute approximate surface area is 244 Å². The van der Waals surface area contributed by atoms with Crippen molar-refractivity contribution in [1.29, 1.82) is 0 Å². The molecule has 1 amide bonds. The van der Waals surface area contributed by atoms with Crippen molar-refractivity contribution in [3.63, 3.8) is 0 Å². The van der Waals surface area contributed by atoms with Crippen LogP contribution in [0.1, 0.15) is 89.1 Å². The number of fused-ring (bicyclic) bond motifs is 1. The lowest BCUT2D eigenvalue weighted by atomic mass is 9.85. The third-order valence-electron chi connectivity index (χ3n) is 8.78. The summed E-state index contributed by atoms with van der Waals surface area (Å²) in [5.74, 6) is -1.44. The lowest BCUT2D eigenvalue weighted by molar-refractivity contribution is -0.154. The minimum atomic E-state index is -0.788. The largest absolute Gasteiger partial charge is 0.507 e. The Morgan fingerprint density at radius 3 is 2.51 bits per heavy atom. The molecule has 1 aromatic rings. The third-order valence-corrected chi connectivity index (χ3v) is 8.78. The summed E-state index contributed by atoms with van der Waals surface area (Å²) in [4.78, 5) is 25.9. The first-order chi connectivity index (χ1) is 19.5. The molecule has 0 saturated carbocycles. The molecule has 9 nitrogen and oxygen atoms in total. The van der Waals surface area contributed by atoms with Crippen molar-refractivity contribution in [1.82, 2.24) is 5.32 Å². The molecule has 9 heteroatoms. The van der Waals surface area contributed by atoms with Crippen LogP contribution in [0.2, 0.25) is 0 Å². The summed E-state index contributed by atoms with van der Waals surface area (Å²) in [5, 5.41) is 35.8. The SMILES string of the molecule is CCC[C@@H]1OC(CC[C@@H](C)[C@@H](O)[C@H](C)[C@@H]2C/C=C\C[C@H](C)[C@H](O)Cc3cc(OC)cc(O)c3C(=O)O2)NC(=O)[C@@H]1C. The normalized spacial score (nSPS) is 30.4. The van der Waals surface area contributed by atoms with Gasteiger partial charge in [-0.2, -0.15) is 0 Å². The molecule has 2 aliphatic heterocycles. The van der Waals surface area contributed by atoms with Gasteiger partial charge < -0.3 is 34.8 Å². The Balaban J connectivity index is 1.74. The number of methoxy groups -OCH3 is 1. The van der Waals surface area contributed by atoms with Crippen LogP contribution in [-0.2, 0) is 20.7 Å². The van der Waals surface area contributed by atoms with Crippen LogP contribution in [0.3, 0.4) is 0 Å². The van der Waals surface area contributed by atoms with Crippen molar-refractivity contribution in [2.24, 2.45) is 23.7 Å². The fraction of sp³-hybridized carbons (Fsp3) is 0.688. The second-order valence-electron chi connectivity index (χ2n) is 12.0. The summed E-state index contributed by atoms with van der Waals surface area (Å²) in [7, 11) is 1.47. The maximum atomic E-state index is 13.4. The second-order valence-corrected chi connectivity index (χ2v) is 12.0. The molecule has 0 aliphatic carbocycles. The van der Waals surface area contributed by atoms with Gasteiger partial charge in [0.1, 0.15) is 29.4 Å². The number of nitrogens with one attached hydrogen (secondary N) is 1. The highest BCUT2D eigenvalue weighted by molar-refractivity contribution is 5.94. The molecular weight excluding hydrogens is 526 g/mol. The molecular formula is C32H49NO8. The van der Waals surface area contributed by atoms with Crippen molar-refractivity contribution in [3.8, 4) is 11.5 Å². The van der Waals surface area contributed by atoms with E-state index in [0.29, 0.717) is 37.0 Å². The Bertz CT molecular complexity index is 1060. The topological polar surface area (TPSA) is 135 Å². The molecule has 230 valence electrons. The Kier molecular flexibility index (Phi) is 12.1. The predicted octanol–water partition coefficient (Wildman–Crippen LogP) is 4.51. The number of benzene rings is 1. The molecule has 0 bridgehead atoms. The fourth-order valence-electron chi connectivity index (χ4n) is 5.75. The van der Waals surface area contributed by atoms with E-state index in [1.165, 1.54) is 13.2 Å². The average molecular weight is 576 g/mol. The van der Waals surface area contributed by atoms with E-state index >= 15 is 0 Å². The van der Waals surface area contributed by atoms with E-state index in [1.54, 1.807) is 6.07 Å². The van der Waals surface area contributed by atoms with E-state index in [0.717, 1.165) is 12.8 Å². The van der Waals surface area contributed by atoms with Crippen LogP contribution in [-0.4, -0.2) is 64.9 Å². The minimum Gasteiger partial charge on any atom is -0.507 e. The molecule has 41 heavy (non-hydrogen) atoms. The number of phenolic OH excluding ortho intramolecular Hbond substituents is 1. The number of hydrogen-bond donors (Lipinski definition) is 4. The van der Waals surface area contributed by atoms with E-state index < -0.39 is 36.4 Å². The van der Waals surface area contributed by atoms with Crippen LogP contribution in [0.25, 0.3) is 0 Å². The van der Waals surface area contributed by atoms with Gasteiger partial charge in [-0.15, -0.1) is 0 Å². The van der Waals surface area contributed by atoms with Crippen LogP contribution in [0.15, 0.2) is 24.3 Å². The number of rotatable bonds is 9. The standard InChI is InChI=1S/C32H49NO8/c1-7-10-26-21(5)31(37)33-28(40-26)14-13-19(3)30(36)20(4)27-12-9-8-11-18(2)24(34)16-22-15-23(39-6)17-25(35)29(22)32(38)41-27/h8-9,15,17-21,24,26-28,30,34-36H,7,10-14,16H2,1-6H3,(H,33,37)/b9-8-/t18-,19+,20+,21+,24+,26-,27-,28?,30+/m0/s1. The summed E-state index contributed by atoms with van der Waals surface area (Å²) in [6, 6.07) is 3.00. The summed E-state index contributed by atoms with van der Waals surface area (Å²) < 4.78 is 17.4. The number of aliphatic hydroxyl groups excluding tert-OH is 2. The van der Waals surface area contributed by atoms with Gasteiger partial charge in [-0.05, 0) is 55.6 Å². The number of carbonyl (C=O) groups excluding carboxylic acids is 2. The number of esters is 1. The van der Waals surface area contributed by atoms with Gasteiger partial charge in [0, 0.05) is 18.4 Å². The van der Waals surface area contributed by atoms with Gasteiger partial charge in [-0.3, -0.25) is 4.79 Å². The number of carbonyl (C=O) groups is 2. The number of amides is 1. The highest BCUT2D eigenvalue weighted by Gasteiger charge is 2.36. The molecule has 9 atom stereocenters. The molecule has 0 spiro atoms. The Morgan fingerprint density at radius 2 is 1.83 bits per heavy atom. The smallest absolute Gasteiger partial charge is 0.342 e. The van der Waals surface area contributed by atoms with E-state index in [1.807, 2.05) is 39.8 Å². The van der Waals surface area contributed by atoms with Crippen LogP contribution in [0.4, 0.5) is 0 Å². The molecule has 4 N–H and O–H groups in total. The fourth-order valence-corrected chi connectivity index (χ4v) is 5.75. The zero-order chi connectivity index (χ0) is 30.3. The molecule has 2 heterocycles. The molecule has 1 fully saturated rings. The van der Waals surface area contributed by atoms with Crippen LogP contribution in [0.5, 0.6) is 11.5 Å². The van der Waals surface area contributed by atoms with E-state index in [4.69, 9.17) is 14.2 Å². The average Bonchev–Trinajstić information content (AvgIpc) is 2.93. The van der Waals surface area contributed by atoms with Gasteiger partial charge >= 0.3 is 5.97 Å². The van der Waals surface area contributed by atoms with Gasteiger partial charge in [-0.25, -0.2) is 4.79 Å². The molecule has 0 aromatic heterocycles. The summed E-state index contributed by atoms with van der Waals surface area (Å²) in [6.07, 6.45) is 5.33. The molecule has 1 aromatic carbocycles. The minimum absolute atomic E-state index is 0.00221. The highest BCUT2D eigenvalue weighted by Crippen LogP contribution is 2.33. The number of cyclic esters (lactones) is 1. The van der Waals surface area contributed by atoms with Crippen molar-refractivity contribution in [2.45, 2.75) is 110 Å². The summed E-state index contributed by atoms with van der Waals surface area (Å²) in [5.41, 5.74) is 0.448. The molecule has 0 radical (unpaired) electrons. The Hall–Kier alpha value is -2.62. The van der Waals surface area contributed by atoms with Crippen LogP contribution >= 0.6 is 0 Å². The summed E-state index contributed by atoms with van der Waals surface area (Å²) >= 11 is 0. The zero-order valence-corrected chi connectivity index (χ0v) is 25.3. The number of ether oxygens (including phenoxy) is 3. The van der Waals surface area contributed by atoms with Crippen molar-refractivity contribution in [3.05, 3.63) is 35.4 Å². The van der Waals surface area contributed by atoms with Crippen molar-refractivity contribution >= 4 is 11.9 Å². The van der Waals surface area contributed by atoms with Crippen LogP contribution in [0, 0.1) is 23.7 Å². The second kappa shape index (κ2) is 15.0. The first-order valence-electron chi connectivity index (χ1n) is 15.0. The number of aromatic hydroxyl groups is 1. The first kappa shape index (κ1) is 32.9. The zero-order valence-electron chi connectivity index (χ0n) is 25.3. The number of aliphatic hydroxyl groups is 2. The predicted molar refractivity (Wildman–Crippen MR) is 156 cm³/mol. The molecule has 1 saturated heterocycles. The summed E-state index contributed by atoms with van der Waals surface area (Å²) in [6.45, 7) is 9.70. The first-order valence-corrected chi connectivity index (χ1v) is 15.0. The van der Waals surface area contributed by atoms with Gasteiger partial charge in [0.25, 0.3) is 0 Å². The maximum absolute atomic E-state index is 13.4. The lowest BCUT2D eigenvalue weighted by Crippen LogP contribution is -2.52. The quantitative estimate of drug-likeness (QED) is 0.250. The maximum Gasteiger partial charge on any atom is 0.342 e. The van der Waals surface area contributed by atoms with E-state index in [9.17, 15) is 24.9 Å². The van der Waals surface area contributed by atoms with Gasteiger partial charge in [0.15, 0.2) is 0 Å². The van der Waals surface area contributed by atoms with Gasteiger partial charge in [-0.1, -0.05) is 53.2 Å². The van der Waals surface area contributed by atoms with Crippen LogP contribution < -0.4 is 10.1 Å². The van der Waals surface area contributed by atoms with Gasteiger partial charge in [0.05, 0.1) is 31.3 Å². The molecule has 2 aliphatic rings. The number of allylic oxidation sites excluding steroid dienone is 1. The van der Waals surface area contributed by atoms with E-state index in [2.05, 4.69) is 12.2 Å². The molecule has 3 rings (SSSR count). The van der Waals surface area contributed by atoms with Crippen molar-refractivity contribution in [2.75, 3.05) is 7.11 Å². The Morgan fingerprint density at radius 1 is 1.12 bits per heavy atom. The monoisotopic (exact) mass is 575 g/mol. The van der Waals surface area contributed by atoms with E-state index in [-0.39, 0.29) is 47.5 Å². The molecule has 1 unspecified atom stereocenters. The third kappa shape index (κ3) is 8.46. The lowest BCUT2D eigenvalue weighted by Gasteiger charge is -2.36. The van der Waals surface area contributed by atoms with Crippen molar-refractivity contribution < 1.29 is 39.1 Å². The number of hydrogen-bond acceptors (Lipinski definition) is 8. The van der Waals surface area contributed by atoms with Gasteiger partial charge in [0.2, 0.25) is 5.91 Å². The highest BCUT2D eigenvalue weighted by atomic mass is 16.5.